The summed E-state index contributed by atoms with van der Waals surface area (Å²) >= 11 is 0. The Morgan fingerprint density at radius 1 is 1.37 bits per heavy atom. The summed E-state index contributed by atoms with van der Waals surface area (Å²) in [5, 5.41) is 8.00. The first kappa shape index (κ1) is 12.4. The molecule has 1 aliphatic heterocycles. The number of aromatic nitrogens is 2. The molecule has 2 aromatic rings. The average Bonchev–Trinajstić information content (AvgIpc) is 2.99. The van der Waals surface area contributed by atoms with Gasteiger partial charge in [-0.15, -0.1) is 0 Å². The van der Waals surface area contributed by atoms with Crippen LogP contribution in [0, 0.1) is 12.7 Å². The van der Waals surface area contributed by atoms with E-state index in [0.717, 1.165) is 24.2 Å². The van der Waals surface area contributed by atoms with Crippen LogP contribution >= 0.6 is 0 Å². The molecule has 1 saturated heterocycles. The molecule has 0 aliphatic carbocycles. The minimum Gasteiger partial charge on any atom is -0.309 e. The summed E-state index contributed by atoms with van der Waals surface area (Å²) in [6, 6.07) is 7.17. The van der Waals surface area contributed by atoms with Gasteiger partial charge in [-0.05, 0) is 44.0 Å². The Morgan fingerprint density at radius 2 is 2.16 bits per heavy atom. The molecule has 0 radical (unpaired) electrons. The van der Waals surface area contributed by atoms with E-state index in [1.807, 2.05) is 24.7 Å². The first-order valence-corrected chi connectivity index (χ1v) is 6.70. The minimum atomic E-state index is -0.213. The molecule has 0 spiro atoms. The highest BCUT2D eigenvalue weighted by Gasteiger charge is 2.25. The van der Waals surface area contributed by atoms with Crippen molar-refractivity contribution in [1.29, 1.82) is 0 Å². The molecule has 100 valence electrons. The third-order valence-corrected chi connectivity index (χ3v) is 3.86. The Labute approximate surface area is 112 Å². The van der Waals surface area contributed by atoms with E-state index in [2.05, 4.69) is 10.4 Å². The van der Waals surface area contributed by atoms with Crippen molar-refractivity contribution in [3.63, 3.8) is 0 Å². The summed E-state index contributed by atoms with van der Waals surface area (Å²) < 4.78 is 15.8. The topological polar surface area (TPSA) is 29.9 Å². The molecule has 1 aromatic heterocycles. The molecular weight excluding hydrogens is 241 g/mol. The lowest BCUT2D eigenvalue weighted by Gasteiger charge is -2.11. The highest BCUT2D eigenvalue weighted by molar-refractivity contribution is 5.64. The number of halogens is 1. The van der Waals surface area contributed by atoms with Gasteiger partial charge in [-0.3, -0.25) is 4.68 Å². The minimum absolute atomic E-state index is 0.213. The van der Waals surface area contributed by atoms with Crippen molar-refractivity contribution in [3.8, 4) is 11.3 Å². The number of aryl methyl sites for hydroxylation is 1. The molecule has 1 N–H and O–H groups in total. The normalized spacial score (nSPS) is 19.0. The molecule has 0 amide bonds. The molecular formula is C15H18FN3. The SMILES string of the molecule is Cc1c(-c2ccccc2F)nn(C)c1C1CCCN1. The summed E-state index contributed by atoms with van der Waals surface area (Å²) in [6.45, 7) is 3.08. The van der Waals surface area contributed by atoms with E-state index in [9.17, 15) is 4.39 Å². The van der Waals surface area contributed by atoms with Gasteiger partial charge < -0.3 is 5.32 Å². The average molecular weight is 259 g/mol. The summed E-state index contributed by atoms with van der Waals surface area (Å²) in [6.07, 6.45) is 2.31. The van der Waals surface area contributed by atoms with E-state index in [0.29, 0.717) is 11.6 Å². The quantitative estimate of drug-likeness (QED) is 0.898. The smallest absolute Gasteiger partial charge is 0.132 e. The van der Waals surface area contributed by atoms with Crippen LogP contribution in [-0.2, 0) is 7.05 Å². The first-order valence-electron chi connectivity index (χ1n) is 6.70. The van der Waals surface area contributed by atoms with Crippen LogP contribution in [0.5, 0.6) is 0 Å². The molecule has 3 rings (SSSR count). The summed E-state index contributed by atoms with van der Waals surface area (Å²) in [7, 11) is 1.94. The third-order valence-electron chi connectivity index (χ3n) is 3.86. The van der Waals surface area contributed by atoms with Crippen molar-refractivity contribution in [2.75, 3.05) is 6.54 Å². The molecule has 19 heavy (non-hydrogen) atoms. The van der Waals surface area contributed by atoms with E-state index >= 15 is 0 Å². The van der Waals surface area contributed by atoms with E-state index in [4.69, 9.17) is 0 Å². The van der Waals surface area contributed by atoms with Gasteiger partial charge in [0.05, 0.1) is 11.4 Å². The van der Waals surface area contributed by atoms with Crippen LogP contribution in [0.15, 0.2) is 24.3 Å². The predicted molar refractivity (Wildman–Crippen MR) is 73.3 cm³/mol. The number of nitrogens with one attached hydrogen (secondary N) is 1. The zero-order valence-electron chi connectivity index (χ0n) is 11.3. The van der Waals surface area contributed by atoms with Crippen molar-refractivity contribution in [2.45, 2.75) is 25.8 Å². The van der Waals surface area contributed by atoms with Gasteiger partial charge in [0.25, 0.3) is 0 Å². The van der Waals surface area contributed by atoms with Gasteiger partial charge in [0.15, 0.2) is 0 Å². The van der Waals surface area contributed by atoms with Crippen LogP contribution in [0.25, 0.3) is 11.3 Å². The second kappa shape index (κ2) is 4.78. The van der Waals surface area contributed by atoms with E-state index < -0.39 is 0 Å². The maximum absolute atomic E-state index is 13.9. The molecule has 0 saturated carbocycles. The molecule has 4 heteroatoms. The fraction of sp³-hybridized carbons (Fsp3) is 0.400. The fourth-order valence-electron chi connectivity index (χ4n) is 2.96. The number of hydrogen-bond acceptors (Lipinski definition) is 2. The molecule has 1 atom stereocenters. The van der Waals surface area contributed by atoms with Crippen LogP contribution in [0.2, 0.25) is 0 Å². The number of rotatable bonds is 2. The van der Waals surface area contributed by atoms with Crippen LogP contribution < -0.4 is 5.32 Å². The molecule has 1 aliphatic rings. The van der Waals surface area contributed by atoms with Gasteiger partial charge in [-0.25, -0.2) is 4.39 Å². The second-order valence-corrected chi connectivity index (χ2v) is 5.11. The van der Waals surface area contributed by atoms with Gasteiger partial charge >= 0.3 is 0 Å². The van der Waals surface area contributed by atoms with Crippen LogP contribution in [0.1, 0.15) is 30.1 Å². The highest BCUT2D eigenvalue weighted by atomic mass is 19.1. The molecule has 1 unspecified atom stereocenters. The Kier molecular flexibility index (Phi) is 3.11. The standard InChI is InChI=1S/C15H18FN3/c1-10-14(11-6-3-4-7-12(11)16)18-19(2)15(10)13-8-5-9-17-13/h3-4,6-7,13,17H,5,8-9H2,1-2H3. The highest BCUT2D eigenvalue weighted by Crippen LogP contribution is 2.32. The van der Waals surface area contributed by atoms with Crippen molar-refractivity contribution >= 4 is 0 Å². The molecule has 1 aromatic carbocycles. The van der Waals surface area contributed by atoms with Gasteiger partial charge in [0.1, 0.15) is 5.82 Å². The molecule has 0 bridgehead atoms. The van der Waals surface area contributed by atoms with Gasteiger partial charge in [0, 0.05) is 18.7 Å². The summed E-state index contributed by atoms with van der Waals surface area (Å²) in [4.78, 5) is 0. The zero-order chi connectivity index (χ0) is 13.4. The monoisotopic (exact) mass is 259 g/mol. The Balaban J connectivity index is 2.09. The number of benzene rings is 1. The Hall–Kier alpha value is -1.68. The number of nitrogens with zero attached hydrogens (tertiary/aromatic N) is 2. The lowest BCUT2D eigenvalue weighted by Crippen LogP contribution is -2.17. The summed E-state index contributed by atoms with van der Waals surface area (Å²) in [5.74, 6) is -0.213. The van der Waals surface area contributed by atoms with E-state index in [1.54, 1.807) is 12.1 Å². The maximum atomic E-state index is 13.9. The van der Waals surface area contributed by atoms with Gasteiger partial charge in [-0.2, -0.15) is 5.10 Å². The third kappa shape index (κ3) is 2.06. The van der Waals surface area contributed by atoms with Crippen molar-refractivity contribution in [3.05, 3.63) is 41.3 Å². The van der Waals surface area contributed by atoms with E-state index in [1.165, 1.54) is 18.2 Å². The van der Waals surface area contributed by atoms with E-state index in [-0.39, 0.29) is 5.82 Å². The van der Waals surface area contributed by atoms with Crippen molar-refractivity contribution in [1.82, 2.24) is 15.1 Å². The lowest BCUT2D eigenvalue weighted by atomic mass is 10.0. The molecule has 2 heterocycles. The van der Waals surface area contributed by atoms with Crippen LogP contribution in [-0.4, -0.2) is 16.3 Å². The van der Waals surface area contributed by atoms with Gasteiger partial charge in [-0.1, -0.05) is 12.1 Å². The fourth-order valence-corrected chi connectivity index (χ4v) is 2.96. The van der Waals surface area contributed by atoms with Crippen molar-refractivity contribution < 1.29 is 4.39 Å². The molecule has 3 nitrogen and oxygen atoms in total. The maximum Gasteiger partial charge on any atom is 0.132 e. The number of hydrogen-bond donors (Lipinski definition) is 1. The second-order valence-electron chi connectivity index (χ2n) is 5.11. The zero-order valence-corrected chi connectivity index (χ0v) is 11.3. The predicted octanol–water partition coefficient (Wildman–Crippen LogP) is 2.96. The van der Waals surface area contributed by atoms with Crippen LogP contribution in [0.4, 0.5) is 4.39 Å². The molecule has 1 fully saturated rings. The Bertz CT molecular complexity index is 597. The Morgan fingerprint density at radius 3 is 2.84 bits per heavy atom. The first-order chi connectivity index (χ1) is 9.18. The van der Waals surface area contributed by atoms with Crippen molar-refractivity contribution in [2.24, 2.45) is 7.05 Å². The largest absolute Gasteiger partial charge is 0.309 e. The van der Waals surface area contributed by atoms with Crippen LogP contribution in [0.3, 0.4) is 0 Å². The van der Waals surface area contributed by atoms with Gasteiger partial charge in [0.2, 0.25) is 0 Å². The lowest BCUT2D eigenvalue weighted by molar-refractivity contribution is 0.571. The summed E-state index contributed by atoms with van der Waals surface area (Å²) in [5.41, 5.74) is 3.59.